The molecule has 1 aromatic heterocycles. The van der Waals surface area contributed by atoms with Crippen LogP contribution in [0.4, 0.5) is 14.9 Å². The van der Waals surface area contributed by atoms with E-state index in [0.29, 0.717) is 12.8 Å². The summed E-state index contributed by atoms with van der Waals surface area (Å²) in [5, 5.41) is 20.6. The number of rotatable bonds is 6. The molecule has 2 N–H and O–H groups in total. The van der Waals surface area contributed by atoms with Crippen molar-refractivity contribution in [2.75, 3.05) is 11.5 Å². The quantitative estimate of drug-likeness (QED) is 0.430. The highest BCUT2D eigenvalue weighted by Crippen LogP contribution is 2.35. The summed E-state index contributed by atoms with van der Waals surface area (Å²) in [6.07, 6.45) is 0.993. The lowest BCUT2D eigenvalue weighted by Gasteiger charge is -2.23. The first-order valence-corrected chi connectivity index (χ1v) is 11.2. The molecular formula is C22H20Cl2FNO6S. The number of amides is 2. The van der Waals surface area contributed by atoms with Crippen LogP contribution in [-0.2, 0) is 9.59 Å². The van der Waals surface area contributed by atoms with Crippen molar-refractivity contribution in [1.82, 2.24) is 0 Å². The van der Waals surface area contributed by atoms with Crippen LogP contribution in [-0.4, -0.2) is 34.8 Å². The van der Waals surface area contributed by atoms with Gasteiger partial charge in [0.05, 0.1) is 15.0 Å². The Balaban J connectivity index is 0.000000554. The number of thiophene rings is 1. The molecule has 2 amide bonds. The van der Waals surface area contributed by atoms with E-state index in [1.807, 2.05) is 17.5 Å². The van der Waals surface area contributed by atoms with Gasteiger partial charge in [0.15, 0.2) is 0 Å². The summed E-state index contributed by atoms with van der Waals surface area (Å²) in [5.74, 6) is -3.50. The van der Waals surface area contributed by atoms with Crippen molar-refractivity contribution in [3.05, 3.63) is 68.6 Å². The smallest absolute Gasteiger partial charge is 0.419 e. The minimum Gasteiger partial charge on any atom is -0.488 e. The van der Waals surface area contributed by atoms with Gasteiger partial charge in [-0.25, -0.2) is 18.9 Å². The molecule has 0 atom stereocenters. The number of carbonyl (C=O) groups is 3. The van der Waals surface area contributed by atoms with Crippen LogP contribution in [0.25, 0.3) is 0 Å². The molecule has 1 heterocycles. The van der Waals surface area contributed by atoms with Gasteiger partial charge in [-0.2, -0.15) is 0 Å². The Morgan fingerprint density at radius 1 is 1.18 bits per heavy atom. The monoisotopic (exact) mass is 515 g/mol. The van der Waals surface area contributed by atoms with Crippen molar-refractivity contribution >= 4 is 58.2 Å². The van der Waals surface area contributed by atoms with Gasteiger partial charge in [-0.05, 0) is 49.3 Å². The molecule has 0 aliphatic heterocycles. The Labute approximate surface area is 203 Å². The highest BCUT2D eigenvalue weighted by molar-refractivity contribution is 7.14. The third kappa shape index (κ3) is 7.05. The number of anilines is 1. The van der Waals surface area contributed by atoms with E-state index in [-0.39, 0.29) is 46.3 Å². The van der Waals surface area contributed by atoms with E-state index in [2.05, 4.69) is 6.58 Å². The zero-order chi connectivity index (χ0) is 24.5. The summed E-state index contributed by atoms with van der Waals surface area (Å²) in [7, 11) is 0. The van der Waals surface area contributed by atoms with Gasteiger partial charge in [0, 0.05) is 17.2 Å². The number of carbonyl (C=O) groups excluding carboxylic acids is 1. The van der Waals surface area contributed by atoms with Gasteiger partial charge < -0.3 is 14.9 Å². The van der Waals surface area contributed by atoms with Crippen LogP contribution < -0.4 is 9.64 Å². The highest BCUT2D eigenvalue weighted by Gasteiger charge is 2.33. The molecule has 0 saturated carbocycles. The number of carboxylic acids is 1. The molecule has 176 valence electrons. The molecule has 0 fully saturated rings. The maximum absolute atomic E-state index is 14.4. The molecule has 33 heavy (non-hydrogen) atoms. The summed E-state index contributed by atoms with van der Waals surface area (Å²) in [5.41, 5.74) is -0.909. The van der Waals surface area contributed by atoms with Gasteiger partial charge >= 0.3 is 12.1 Å². The van der Waals surface area contributed by atoms with Crippen LogP contribution in [0.2, 0.25) is 9.36 Å². The molecule has 3 rings (SSSR count). The summed E-state index contributed by atoms with van der Waals surface area (Å²) in [6, 6.07) is 5.60. The fraction of sp³-hybridized carbons (Fsp3) is 0.227. The first-order chi connectivity index (χ1) is 15.7. The largest absolute Gasteiger partial charge is 0.488 e. The molecular weight excluding hydrogens is 496 g/mol. The van der Waals surface area contributed by atoms with E-state index < -0.39 is 29.5 Å². The van der Waals surface area contributed by atoms with Gasteiger partial charge in [0.2, 0.25) is 0 Å². The number of aliphatic carboxylic acids is 1. The van der Waals surface area contributed by atoms with E-state index in [4.69, 9.17) is 27.9 Å². The maximum atomic E-state index is 14.4. The molecule has 0 bridgehead atoms. The third-order valence-corrected chi connectivity index (χ3v) is 5.81. The fourth-order valence-electron chi connectivity index (χ4n) is 3.02. The maximum Gasteiger partial charge on any atom is 0.419 e. The molecule has 0 spiro atoms. The standard InChI is InChI=1S/C18H17ClFNO6.C4H3ClS/c1-2-7-27-15-9-14(13(20)8-12(15)19)21(18(25)26)16(22)10-5-3-4-6-11(10)17(23)24;5-4-2-1-3-6-4/h2,8-9H,1,3-7H2,(H,23,24)(H,25,26);1-3H. The second-order valence-corrected chi connectivity index (χ2v) is 8.63. The average Bonchev–Trinajstić information content (AvgIpc) is 3.25. The van der Waals surface area contributed by atoms with Crippen LogP contribution >= 0.6 is 34.5 Å². The molecule has 0 saturated heterocycles. The number of halogens is 3. The van der Waals surface area contributed by atoms with E-state index in [1.165, 1.54) is 6.08 Å². The van der Waals surface area contributed by atoms with E-state index in [1.54, 1.807) is 11.3 Å². The zero-order valence-corrected chi connectivity index (χ0v) is 19.6. The summed E-state index contributed by atoms with van der Waals surface area (Å²) in [4.78, 5) is 36.0. The molecule has 0 radical (unpaired) electrons. The Bertz CT molecular complexity index is 1070. The van der Waals surface area contributed by atoms with Gasteiger partial charge in [0.1, 0.15) is 18.2 Å². The Hall–Kier alpha value is -2.88. The summed E-state index contributed by atoms with van der Waals surface area (Å²) < 4.78 is 20.5. The van der Waals surface area contributed by atoms with Crippen LogP contribution in [0.15, 0.2) is 53.4 Å². The number of hydrogen-bond acceptors (Lipinski definition) is 5. The number of carboxylic acid groups (broad SMARTS) is 2. The number of benzene rings is 1. The lowest BCUT2D eigenvalue weighted by Crippen LogP contribution is -2.38. The topological polar surface area (TPSA) is 104 Å². The lowest BCUT2D eigenvalue weighted by atomic mass is 9.90. The van der Waals surface area contributed by atoms with Crippen LogP contribution in [0.5, 0.6) is 5.75 Å². The number of hydrogen-bond donors (Lipinski definition) is 2. The fourth-order valence-corrected chi connectivity index (χ4v) is 3.90. The second-order valence-electron chi connectivity index (χ2n) is 6.64. The molecule has 11 heteroatoms. The summed E-state index contributed by atoms with van der Waals surface area (Å²) >= 11 is 12.9. The Morgan fingerprint density at radius 3 is 2.33 bits per heavy atom. The minimum atomic E-state index is -1.75. The van der Waals surface area contributed by atoms with Crippen molar-refractivity contribution in [3.8, 4) is 5.75 Å². The van der Waals surface area contributed by atoms with Crippen molar-refractivity contribution < 1.29 is 33.7 Å². The third-order valence-electron chi connectivity index (χ3n) is 4.46. The van der Waals surface area contributed by atoms with Crippen LogP contribution in [0.3, 0.4) is 0 Å². The summed E-state index contributed by atoms with van der Waals surface area (Å²) in [6.45, 7) is 3.49. The zero-order valence-electron chi connectivity index (χ0n) is 17.2. The molecule has 2 aromatic rings. The van der Waals surface area contributed by atoms with Crippen molar-refractivity contribution in [2.45, 2.75) is 25.7 Å². The SMILES string of the molecule is C=CCOc1cc(N(C(=O)O)C(=O)C2=C(C(=O)O)CCCC2)c(F)cc1Cl.Clc1cccs1. The Kier molecular flexibility index (Phi) is 9.90. The molecule has 1 aliphatic rings. The van der Waals surface area contributed by atoms with E-state index >= 15 is 0 Å². The lowest BCUT2D eigenvalue weighted by molar-refractivity contribution is -0.133. The normalized spacial score (nSPS) is 12.9. The van der Waals surface area contributed by atoms with Gasteiger partial charge in [-0.1, -0.05) is 35.9 Å². The predicted molar refractivity (Wildman–Crippen MR) is 125 cm³/mol. The number of ether oxygens (including phenoxy) is 1. The second kappa shape index (κ2) is 12.4. The van der Waals surface area contributed by atoms with Crippen molar-refractivity contribution in [1.29, 1.82) is 0 Å². The average molecular weight is 516 g/mol. The van der Waals surface area contributed by atoms with Crippen molar-refractivity contribution in [3.63, 3.8) is 0 Å². The van der Waals surface area contributed by atoms with Gasteiger partial charge in [-0.3, -0.25) is 4.79 Å². The first kappa shape index (κ1) is 26.4. The van der Waals surface area contributed by atoms with Crippen LogP contribution in [0, 0.1) is 5.82 Å². The Morgan fingerprint density at radius 2 is 1.85 bits per heavy atom. The van der Waals surface area contributed by atoms with Crippen LogP contribution in [0.1, 0.15) is 25.7 Å². The molecule has 7 nitrogen and oxygen atoms in total. The number of imide groups is 1. The minimum absolute atomic E-state index is 0.0279. The first-order valence-electron chi connectivity index (χ1n) is 9.61. The van der Waals surface area contributed by atoms with E-state index in [9.17, 15) is 29.0 Å². The molecule has 1 aliphatic carbocycles. The van der Waals surface area contributed by atoms with Gasteiger partial charge in [-0.15, -0.1) is 11.3 Å². The highest BCUT2D eigenvalue weighted by atomic mass is 35.5. The molecule has 1 aromatic carbocycles. The predicted octanol–water partition coefficient (Wildman–Crippen LogP) is 6.41. The number of nitrogens with zero attached hydrogens (tertiary/aromatic N) is 1. The van der Waals surface area contributed by atoms with Gasteiger partial charge in [0.25, 0.3) is 5.91 Å². The van der Waals surface area contributed by atoms with E-state index in [0.717, 1.165) is 16.5 Å². The molecule has 0 unspecified atom stereocenters. The van der Waals surface area contributed by atoms with Crippen molar-refractivity contribution in [2.24, 2.45) is 0 Å².